The number of amides is 1. The first kappa shape index (κ1) is 20.6. The van der Waals surface area contributed by atoms with Gasteiger partial charge in [-0.05, 0) is 25.1 Å². The Morgan fingerprint density at radius 3 is 2.42 bits per heavy atom. The van der Waals surface area contributed by atoms with E-state index in [1.165, 1.54) is 29.4 Å². The molecule has 1 aliphatic rings. The average Bonchev–Trinajstić information content (AvgIpc) is 3.19. The van der Waals surface area contributed by atoms with Gasteiger partial charge in [-0.25, -0.2) is 14.6 Å². The van der Waals surface area contributed by atoms with Crippen LogP contribution < -0.4 is 9.64 Å². The monoisotopic (exact) mass is 432 g/mol. The van der Waals surface area contributed by atoms with Crippen LogP contribution in [0.4, 0.5) is 19.0 Å². The van der Waals surface area contributed by atoms with E-state index in [0.717, 1.165) is 11.8 Å². The number of aromatic nitrogens is 4. The molecule has 162 valence electrons. The summed E-state index contributed by atoms with van der Waals surface area (Å²) in [6.45, 7) is 3.50. The maximum atomic E-state index is 12.8. The molecule has 1 aliphatic heterocycles. The van der Waals surface area contributed by atoms with Crippen LogP contribution in [0.2, 0.25) is 0 Å². The molecule has 3 heterocycles. The van der Waals surface area contributed by atoms with E-state index in [1.807, 2.05) is 17.9 Å². The molecule has 1 amide bonds. The minimum absolute atomic E-state index is 0.119. The van der Waals surface area contributed by atoms with Gasteiger partial charge in [-0.1, -0.05) is 12.1 Å². The number of benzene rings is 1. The van der Waals surface area contributed by atoms with Crippen molar-refractivity contribution in [3.63, 3.8) is 0 Å². The van der Waals surface area contributed by atoms with Crippen molar-refractivity contribution in [3.05, 3.63) is 60.2 Å². The Morgan fingerprint density at radius 2 is 1.74 bits per heavy atom. The predicted molar refractivity (Wildman–Crippen MR) is 105 cm³/mol. The number of aryl methyl sites for hydroxylation is 1. The van der Waals surface area contributed by atoms with Crippen LogP contribution in [0.3, 0.4) is 0 Å². The van der Waals surface area contributed by atoms with Crippen molar-refractivity contribution in [1.29, 1.82) is 0 Å². The van der Waals surface area contributed by atoms with E-state index in [4.69, 9.17) is 0 Å². The Labute approximate surface area is 175 Å². The van der Waals surface area contributed by atoms with Gasteiger partial charge in [-0.3, -0.25) is 4.79 Å². The summed E-state index contributed by atoms with van der Waals surface area (Å²) in [5.41, 5.74) is 0.744. The van der Waals surface area contributed by atoms with Gasteiger partial charge < -0.3 is 14.5 Å². The standard InChI is InChI=1S/C20H19F3N6O2/c1-14-6-7-29(26-14)18-12-17(24-13-25-18)27-8-10-28(11-9-27)19(30)15-4-2-3-5-16(15)31-20(21,22)23/h2-7,12-13H,8-11H2,1H3. The molecule has 1 saturated heterocycles. The topological polar surface area (TPSA) is 76.4 Å². The molecule has 0 unspecified atom stereocenters. The highest BCUT2D eigenvalue weighted by atomic mass is 19.4. The number of piperazine rings is 1. The molecule has 11 heteroatoms. The van der Waals surface area contributed by atoms with Crippen molar-refractivity contribution in [2.24, 2.45) is 0 Å². The third-order valence-corrected chi connectivity index (χ3v) is 4.83. The van der Waals surface area contributed by atoms with E-state index in [-0.39, 0.29) is 5.56 Å². The van der Waals surface area contributed by atoms with E-state index < -0.39 is 18.0 Å². The highest BCUT2D eigenvalue weighted by Gasteiger charge is 2.34. The summed E-state index contributed by atoms with van der Waals surface area (Å²) in [7, 11) is 0. The Balaban J connectivity index is 1.44. The molecule has 31 heavy (non-hydrogen) atoms. The van der Waals surface area contributed by atoms with Crippen molar-refractivity contribution in [1.82, 2.24) is 24.6 Å². The lowest BCUT2D eigenvalue weighted by atomic mass is 10.1. The molecule has 0 atom stereocenters. The van der Waals surface area contributed by atoms with Crippen LogP contribution in [0.25, 0.3) is 5.82 Å². The molecule has 1 aromatic carbocycles. The normalized spacial score (nSPS) is 14.6. The predicted octanol–water partition coefficient (Wildman–Crippen LogP) is 2.83. The second kappa shape index (κ2) is 8.25. The number of anilines is 1. The number of carbonyl (C=O) groups excluding carboxylic acids is 1. The van der Waals surface area contributed by atoms with Gasteiger partial charge in [0, 0.05) is 38.4 Å². The number of hydrogen-bond acceptors (Lipinski definition) is 6. The molecular formula is C20H19F3N6O2. The first-order valence-electron chi connectivity index (χ1n) is 9.54. The molecule has 0 radical (unpaired) electrons. The molecule has 8 nitrogen and oxygen atoms in total. The van der Waals surface area contributed by atoms with Crippen molar-refractivity contribution < 1.29 is 22.7 Å². The Morgan fingerprint density at radius 1 is 1.03 bits per heavy atom. The fourth-order valence-corrected chi connectivity index (χ4v) is 3.34. The summed E-state index contributed by atoms with van der Waals surface area (Å²) in [6, 6.07) is 9.04. The third-order valence-electron chi connectivity index (χ3n) is 4.83. The van der Waals surface area contributed by atoms with E-state index in [9.17, 15) is 18.0 Å². The fraction of sp³-hybridized carbons (Fsp3) is 0.300. The van der Waals surface area contributed by atoms with E-state index in [2.05, 4.69) is 19.8 Å². The first-order valence-corrected chi connectivity index (χ1v) is 9.54. The molecule has 3 aromatic rings. The van der Waals surface area contributed by atoms with Gasteiger partial charge in [-0.2, -0.15) is 5.10 Å². The fourth-order valence-electron chi connectivity index (χ4n) is 3.34. The lowest BCUT2D eigenvalue weighted by molar-refractivity contribution is -0.274. The van der Waals surface area contributed by atoms with Crippen molar-refractivity contribution in [3.8, 4) is 11.6 Å². The second-order valence-electron chi connectivity index (χ2n) is 6.96. The molecule has 0 saturated carbocycles. The van der Waals surface area contributed by atoms with Crippen LogP contribution in [-0.2, 0) is 0 Å². The summed E-state index contributed by atoms with van der Waals surface area (Å²) in [5, 5.41) is 4.33. The Hall–Kier alpha value is -3.63. The third kappa shape index (κ3) is 4.76. The van der Waals surface area contributed by atoms with Crippen LogP contribution in [0.5, 0.6) is 5.75 Å². The maximum absolute atomic E-state index is 12.8. The minimum Gasteiger partial charge on any atom is -0.405 e. The van der Waals surface area contributed by atoms with Crippen LogP contribution in [0, 0.1) is 6.92 Å². The molecule has 0 aliphatic carbocycles. The van der Waals surface area contributed by atoms with Gasteiger partial charge in [0.05, 0.1) is 11.3 Å². The maximum Gasteiger partial charge on any atom is 0.573 e. The summed E-state index contributed by atoms with van der Waals surface area (Å²) in [6.07, 6.45) is -1.62. The van der Waals surface area contributed by atoms with Crippen LogP contribution in [0.1, 0.15) is 16.1 Å². The minimum atomic E-state index is -4.87. The van der Waals surface area contributed by atoms with Gasteiger partial charge in [0.15, 0.2) is 5.82 Å². The lowest BCUT2D eigenvalue weighted by Gasteiger charge is -2.35. The summed E-state index contributed by atoms with van der Waals surface area (Å²) in [4.78, 5) is 24.8. The van der Waals surface area contributed by atoms with Gasteiger partial charge >= 0.3 is 6.36 Å². The van der Waals surface area contributed by atoms with Gasteiger partial charge in [-0.15, -0.1) is 13.2 Å². The summed E-state index contributed by atoms with van der Waals surface area (Å²) in [5.74, 6) is 0.299. The smallest absolute Gasteiger partial charge is 0.405 e. The molecule has 2 aromatic heterocycles. The van der Waals surface area contributed by atoms with Gasteiger partial charge in [0.25, 0.3) is 5.91 Å². The molecule has 0 N–H and O–H groups in total. The zero-order valence-electron chi connectivity index (χ0n) is 16.6. The molecule has 1 fully saturated rings. The largest absolute Gasteiger partial charge is 0.573 e. The lowest BCUT2D eigenvalue weighted by Crippen LogP contribution is -2.49. The average molecular weight is 432 g/mol. The number of halogens is 3. The number of ether oxygens (including phenoxy) is 1. The molecule has 0 bridgehead atoms. The quantitative estimate of drug-likeness (QED) is 0.631. The highest BCUT2D eigenvalue weighted by Crippen LogP contribution is 2.27. The van der Waals surface area contributed by atoms with Gasteiger partial charge in [0.2, 0.25) is 0 Å². The van der Waals surface area contributed by atoms with Crippen molar-refractivity contribution >= 4 is 11.7 Å². The first-order chi connectivity index (χ1) is 14.8. The Bertz CT molecular complexity index is 1080. The number of alkyl halides is 3. The van der Waals surface area contributed by atoms with Crippen LogP contribution in [0.15, 0.2) is 48.9 Å². The molecular weight excluding hydrogens is 413 g/mol. The highest BCUT2D eigenvalue weighted by molar-refractivity contribution is 5.97. The number of carbonyl (C=O) groups is 1. The Kier molecular flexibility index (Phi) is 5.49. The molecule has 0 spiro atoms. The number of nitrogens with zero attached hydrogens (tertiary/aromatic N) is 6. The zero-order chi connectivity index (χ0) is 22.0. The molecule has 4 rings (SSSR count). The second-order valence-corrected chi connectivity index (χ2v) is 6.96. The van der Waals surface area contributed by atoms with E-state index in [0.29, 0.717) is 37.8 Å². The van der Waals surface area contributed by atoms with Crippen molar-refractivity contribution in [2.75, 3.05) is 31.1 Å². The van der Waals surface area contributed by atoms with Gasteiger partial charge in [0.1, 0.15) is 17.9 Å². The van der Waals surface area contributed by atoms with E-state index in [1.54, 1.807) is 16.9 Å². The number of hydrogen-bond donors (Lipinski definition) is 0. The van der Waals surface area contributed by atoms with Crippen LogP contribution in [-0.4, -0.2) is 63.1 Å². The van der Waals surface area contributed by atoms with Crippen LogP contribution >= 0.6 is 0 Å². The summed E-state index contributed by atoms with van der Waals surface area (Å²) < 4.78 is 43.6. The zero-order valence-corrected chi connectivity index (χ0v) is 16.6. The number of rotatable bonds is 4. The SMILES string of the molecule is Cc1ccn(-c2cc(N3CCN(C(=O)c4ccccc4OC(F)(F)F)CC3)ncn2)n1. The van der Waals surface area contributed by atoms with E-state index >= 15 is 0 Å². The summed E-state index contributed by atoms with van der Waals surface area (Å²) >= 11 is 0. The van der Waals surface area contributed by atoms with Crippen molar-refractivity contribution in [2.45, 2.75) is 13.3 Å². The number of para-hydroxylation sites is 1.